The molecule has 0 radical (unpaired) electrons. The summed E-state index contributed by atoms with van der Waals surface area (Å²) in [6.07, 6.45) is 5.21. The smallest absolute Gasteiger partial charge is 0.221 e. The summed E-state index contributed by atoms with van der Waals surface area (Å²) in [6.45, 7) is 5.18. The van der Waals surface area contributed by atoms with Crippen molar-refractivity contribution in [3.8, 4) is 12.3 Å². The highest BCUT2D eigenvalue weighted by Gasteiger charge is 1.99. The van der Waals surface area contributed by atoms with E-state index >= 15 is 0 Å². The van der Waals surface area contributed by atoms with E-state index in [1.54, 1.807) is 0 Å². The number of benzene rings is 1. The lowest BCUT2D eigenvalue weighted by Gasteiger charge is -2.09. The molecule has 0 atom stereocenters. The van der Waals surface area contributed by atoms with Gasteiger partial charge in [0.15, 0.2) is 5.96 Å². The molecule has 0 bridgehead atoms. The van der Waals surface area contributed by atoms with Crippen molar-refractivity contribution in [2.75, 3.05) is 18.4 Å². The summed E-state index contributed by atoms with van der Waals surface area (Å²) < 4.78 is 0. The highest BCUT2D eigenvalue weighted by Crippen LogP contribution is 2.11. The molecule has 0 aliphatic rings. The van der Waals surface area contributed by atoms with Crippen LogP contribution >= 0.6 is 24.0 Å². The number of terminal acetylenes is 1. The molecule has 0 unspecified atom stereocenters. The van der Waals surface area contributed by atoms with Gasteiger partial charge in [0.05, 0.1) is 13.1 Å². The van der Waals surface area contributed by atoms with Gasteiger partial charge >= 0.3 is 0 Å². The number of carbonyl (C=O) groups is 1. The summed E-state index contributed by atoms with van der Waals surface area (Å²) >= 11 is 0. The minimum atomic E-state index is -0.0883. The van der Waals surface area contributed by atoms with Gasteiger partial charge in [0.25, 0.3) is 0 Å². The maximum atomic E-state index is 11.0. The van der Waals surface area contributed by atoms with Crippen LogP contribution in [-0.2, 0) is 11.3 Å². The van der Waals surface area contributed by atoms with E-state index in [1.807, 2.05) is 31.2 Å². The predicted octanol–water partition coefficient (Wildman–Crippen LogP) is 1.95. The molecule has 1 aromatic carbocycles. The summed E-state index contributed by atoms with van der Waals surface area (Å²) in [6, 6.07) is 7.59. The summed E-state index contributed by atoms with van der Waals surface area (Å²) in [5.74, 6) is 3.09. The molecule has 0 aliphatic carbocycles. The van der Waals surface area contributed by atoms with Crippen molar-refractivity contribution in [3.05, 3.63) is 29.8 Å². The third-order valence-electron chi connectivity index (χ3n) is 2.37. The predicted molar refractivity (Wildman–Crippen MR) is 97.8 cm³/mol. The van der Waals surface area contributed by atoms with Crippen molar-refractivity contribution in [3.63, 3.8) is 0 Å². The molecule has 0 aliphatic heterocycles. The van der Waals surface area contributed by atoms with Crippen molar-refractivity contribution < 1.29 is 4.79 Å². The normalized spacial score (nSPS) is 10.0. The molecule has 0 heterocycles. The standard InChI is InChI=1S/C15H20N4O.HI/c1-4-9-17-15(16-5-2)18-11-13-7-6-8-14(10-13)19-12(3)20;/h1,6-8,10H,5,9,11H2,2-3H3,(H,19,20)(H2,16,17,18);1H. The van der Waals surface area contributed by atoms with E-state index in [1.165, 1.54) is 6.92 Å². The van der Waals surface area contributed by atoms with E-state index in [4.69, 9.17) is 6.42 Å². The maximum Gasteiger partial charge on any atom is 0.221 e. The molecule has 1 rings (SSSR count). The average Bonchev–Trinajstić information content (AvgIpc) is 2.41. The molecule has 0 spiro atoms. The second kappa shape index (κ2) is 11.0. The molecule has 0 aromatic heterocycles. The second-order valence-electron chi connectivity index (χ2n) is 4.13. The first-order valence-electron chi connectivity index (χ1n) is 6.48. The lowest BCUT2D eigenvalue weighted by molar-refractivity contribution is -0.114. The number of rotatable bonds is 5. The quantitative estimate of drug-likeness (QED) is 0.307. The second-order valence-corrected chi connectivity index (χ2v) is 4.13. The Balaban J connectivity index is 0.00000400. The van der Waals surface area contributed by atoms with Crippen molar-refractivity contribution in [1.29, 1.82) is 0 Å². The number of halogens is 1. The third kappa shape index (κ3) is 8.19. The Labute approximate surface area is 143 Å². The number of nitrogens with one attached hydrogen (secondary N) is 3. The lowest BCUT2D eigenvalue weighted by Crippen LogP contribution is -2.37. The number of guanidine groups is 1. The Morgan fingerprint density at radius 2 is 2.14 bits per heavy atom. The third-order valence-corrected chi connectivity index (χ3v) is 2.37. The fourth-order valence-corrected chi connectivity index (χ4v) is 1.60. The molecule has 1 amide bonds. The molecule has 1 aromatic rings. The van der Waals surface area contributed by atoms with Crippen molar-refractivity contribution >= 4 is 41.5 Å². The number of carbonyl (C=O) groups excluding carboxylic acids is 1. The minimum Gasteiger partial charge on any atom is -0.357 e. The van der Waals surface area contributed by atoms with Crippen LogP contribution in [0.5, 0.6) is 0 Å². The largest absolute Gasteiger partial charge is 0.357 e. The Hall–Kier alpha value is -1.75. The SMILES string of the molecule is C#CCNC(=NCc1cccc(NC(C)=O)c1)NCC.I. The van der Waals surface area contributed by atoms with Crippen molar-refractivity contribution in [1.82, 2.24) is 10.6 Å². The number of hydrogen-bond donors (Lipinski definition) is 3. The molecule has 0 saturated carbocycles. The van der Waals surface area contributed by atoms with Gasteiger partial charge in [-0.25, -0.2) is 4.99 Å². The minimum absolute atomic E-state index is 0. The fourth-order valence-electron chi connectivity index (χ4n) is 1.60. The number of nitrogens with zero attached hydrogens (tertiary/aromatic N) is 1. The van der Waals surface area contributed by atoms with E-state index in [-0.39, 0.29) is 29.9 Å². The number of amides is 1. The summed E-state index contributed by atoms with van der Waals surface area (Å²) in [5.41, 5.74) is 1.78. The van der Waals surface area contributed by atoms with Gasteiger partial charge in [-0.05, 0) is 24.6 Å². The molecule has 0 saturated heterocycles. The van der Waals surface area contributed by atoms with Gasteiger partial charge < -0.3 is 16.0 Å². The Kier molecular flexibility index (Phi) is 10.1. The van der Waals surface area contributed by atoms with Crippen LogP contribution in [0.4, 0.5) is 5.69 Å². The van der Waals surface area contributed by atoms with E-state index in [0.717, 1.165) is 17.8 Å². The van der Waals surface area contributed by atoms with E-state index in [2.05, 4.69) is 26.9 Å². The molecule has 6 heteroatoms. The number of hydrogen-bond acceptors (Lipinski definition) is 2. The van der Waals surface area contributed by atoms with Gasteiger partial charge in [-0.2, -0.15) is 0 Å². The summed E-state index contributed by atoms with van der Waals surface area (Å²) in [7, 11) is 0. The first kappa shape index (κ1) is 19.2. The van der Waals surface area contributed by atoms with Crippen LogP contribution in [0.1, 0.15) is 19.4 Å². The molecule has 21 heavy (non-hydrogen) atoms. The average molecular weight is 400 g/mol. The number of anilines is 1. The Morgan fingerprint density at radius 1 is 1.38 bits per heavy atom. The first-order valence-corrected chi connectivity index (χ1v) is 6.48. The number of aliphatic imine (C=N–C) groups is 1. The van der Waals surface area contributed by atoms with Gasteiger partial charge in [0.2, 0.25) is 5.91 Å². The first-order chi connectivity index (χ1) is 9.65. The lowest BCUT2D eigenvalue weighted by atomic mass is 10.2. The van der Waals surface area contributed by atoms with E-state index < -0.39 is 0 Å². The molecule has 5 nitrogen and oxygen atoms in total. The van der Waals surface area contributed by atoms with Crippen LogP contribution in [-0.4, -0.2) is 25.0 Å². The molecule has 114 valence electrons. The Bertz CT molecular complexity index is 523. The monoisotopic (exact) mass is 400 g/mol. The van der Waals surface area contributed by atoms with Crippen LogP contribution in [0, 0.1) is 12.3 Å². The van der Waals surface area contributed by atoms with Gasteiger partial charge in [-0.15, -0.1) is 30.4 Å². The Morgan fingerprint density at radius 3 is 2.76 bits per heavy atom. The molecule has 0 fully saturated rings. The topological polar surface area (TPSA) is 65.5 Å². The molecule has 3 N–H and O–H groups in total. The van der Waals surface area contributed by atoms with Gasteiger partial charge in [0.1, 0.15) is 0 Å². The van der Waals surface area contributed by atoms with Crippen LogP contribution in [0.2, 0.25) is 0 Å². The van der Waals surface area contributed by atoms with E-state index in [0.29, 0.717) is 19.0 Å². The molecular formula is C15H21IN4O. The zero-order chi connectivity index (χ0) is 14.8. The summed E-state index contributed by atoms with van der Waals surface area (Å²) in [5, 5.41) is 8.88. The fraction of sp³-hybridized carbons (Fsp3) is 0.333. The van der Waals surface area contributed by atoms with Crippen molar-refractivity contribution in [2.45, 2.75) is 20.4 Å². The van der Waals surface area contributed by atoms with E-state index in [9.17, 15) is 4.79 Å². The van der Waals surface area contributed by atoms with Gasteiger partial charge in [-0.3, -0.25) is 4.79 Å². The summed E-state index contributed by atoms with van der Waals surface area (Å²) in [4.78, 5) is 15.4. The van der Waals surface area contributed by atoms with Crippen LogP contribution in [0.25, 0.3) is 0 Å². The van der Waals surface area contributed by atoms with Gasteiger partial charge in [0, 0.05) is 19.2 Å². The zero-order valence-electron chi connectivity index (χ0n) is 12.3. The molecular weight excluding hydrogens is 379 g/mol. The highest BCUT2D eigenvalue weighted by atomic mass is 127. The van der Waals surface area contributed by atoms with Gasteiger partial charge in [-0.1, -0.05) is 18.1 Å². The van der Waals surface area contributed by atoms with Crippen molar-refractivity contribution in [2.24, 2.45) is 4.99 Å². The maximum absolute atomic E-state index is 11.0. The van der Waals surface area contributed by atoms with Crippen LogP contribution in [0.3, 0.4) is 0 Å². The van der Waals surface area contributed by atoms with Crippen LogP contribution < -0.4 is 16.0 Å². The van der Waals surface area contributed by atoms with Crippen LogP contribution in [0.15, 0.2) is 29.3 Å². The highest BCUT2D eigenvalue weighted by molar-refractivity contribution is 14.0. The zero-order valence-corrected chi connectivity index (χ0v) is 14.6.